The summed E-state index contributed by atoms with van der Waals surface area (Å²) in [5, 5.41) is 0. The van der Waals surface area contributed by atoms with Gasteiger partial charge in [-0.15, -0.1) is 0 Å². The van der Waals surface area contributed by atoms with Crippen molar-refractivity contribution in [1.29, 1.82) is 0 Å². The Hall–Kier alpha value is -1.10. The quantitative estimate of drug-likeness (QED) is 0.542. The zero-order valence-corrected chi connectivity index (χ0v) is 11.2. The molecule has 0 aliphatic carbocycles. The predicted molar refractivity (Wildman–Crippen MR) is 71.6 cm³/mol. The van der Waals surface area contributed by atoms with Crippen molar-refractivity contribution < 1.29 is 14.2 Å². The third-order valence-electron chi connectivity index (χ3n) is 2.38. The summed E-state index contributed by atoms with van der Waals surface area (Å²) in [6.07, 6.45) is 0.531. The predicted octanol–water partition coefficient (Wildman–Crippen LogP) is 2.49. The van der Waals surface area contributed by atoms with Gasteiger partial charge in [-0.1, -0.05) is 12.1 Å². The highest BCUT2D eigenvalue weighted by Gasteiger charge is 2.11. The first-order valence-corrected chi connectivity index (χ1v) is 6.47. The highest BCUT2D eigenvalue weighted by Crippen LogP contribution is 2.23. The van der Waals surface area contributed by atoms with E-state index in [1.54, 1.807) is 0 Å². The molecule has 1 rings (SSSR count). The molecule has 0 aliphatic heterocycles. The van der Waals surface area contributed by atoms with Crippen molar-refractivity contribution in [2.45, 2.75) is 26.6 Å². The number of hydrogen-bond acceptors (Lipinski definition) is 4. The monoisotopic (exact) mass is 253 g/mol. The summed E-state index contributed by atoms with van der Waals surface area (Å²) in [4.78, 5) is 0. The summed E-state index contributed by atoms with van der Waals surface area (Å²) in [6, 6.07) is 7.80. The first kappa shape index (κ1) is 15.0. The van der Waals surface area contributed by atoms with E-state index in [9.17, 15) is 0 Å². The molecule has 0 radical (unpaired) electrons. The Morgan fingerprint density at radius 1 is 1.17 bits per heavy atom. The number of benzene rings is 1. The molecule has 0 aromatic heterocycles. The summed E-state index contributed by atoms with van der Waals surface area (Å²) in [7, 11) is 0. The van der Waals surface area contributed by atoms with Crippen LogP contribution in [0.2, 0.25) is 0 Å². The van der Waals surface area contributed by atoms with Crippen LogP contribution in [0, 0.1) is 0 Å². The fraction of sp³-hybridized carbons (Fsp3) is 0.571. The van der Waals surface area contributed by atoms with Crippen LogP contribution in [0.25, 0.3) is 0 Å². The fourth-order valence-electron chi connectivity index (χ4n) is 1.57. The molecule has 0 fully saturated rings. The van der Waals surface area contributed by atoms with Gasteiger partial charge >= 0.3 is 0 Å². The summed E-state index contributed by atoms with van der Waals surface area (Å²) >= 11 is 0. The van der Waals surface area contributed by atoms with Gasteiger partial charge in [0, 0.05) is 18.8 Å². The molecule has 102 valence electrons. The van der Waals surface area contributed by atoms with Crippen molar-refractivity contribution in [3.8, 4) is 5.75 Å². The van der Waals surface area contributed by atoms with Gasteiger partial charge in [-0.25, -0.2) is 0 Å². The van der Waals surface area contributed by atoms with Crippen molar-refractivity contribution in [2.75, 3.05) is 26.4 Å². The van der Waals surface area contributed by atoms with Crippen LogP contribution in [-0.4, -0.2) is 26.4 Å². The smallest absolute Gasteiger partial charge is 0.183 e. The standard InChI is InChI=1S/C14H23NO3/c1-3-16-14(17-4-2)12-7-5-8-13(11-12)18-10-6-9-15/h5,7-8,11,14H,3-4,6,9-10,15H2,1-2H3. The van der Waals surface area contributed by atoms with Crippen molar-refractivity contribution in [3.63, 3.8) is 0 Å². The van der Waals surface area contributed by atoms with Gasteiger partial charge in [-0.3, -0.25) is 0 Å². The first-order valence-electron chi connectivity index (χ1n) is 6.47. The Labute approximate surface area is 109 Å². The summed E-state index contributed by atoms with van der Waals surface area (Å²) < 4.78 is 16.7. The summed E-state index contributed by atoms with van der Waals surface area (Å²) in [5.41, 5.74) is 6.41. The molecular formula is C14H23NO3. The number of hydrogen-bond donors (Lipinski definition) is 1. The van der Waals surface area contributed by atoms with Crippen molar-refractivity contribution in [1.82, 2.24) is 0 Å². The zero-order valence-electron chi connectivity index (χ0n) is 11.2. The molecule has 0 unspecified atom stereocenters. The molecular weight excluding hydrogens is 230 g/mol. The molecule has 4 nitrogen and oxygen atoms in total. The molecule has 1 aromatic carbocycles. The third-order valence-corrected chi connectivity index (χ3v) is 2.38. The molecule has 0 atom stereocenters. The lowest BCUT2D eigenvalue weighted by molar-refractivity contribution is -0.140. The Kier molecular flexibility index (Phi) is 7.41. The number of ether oxygens (including phenoxy) is 3. The van der Waals surface area contributed by atoms with Gasteiger partial charge in [0.25, 0.3) is 0 Å². The van der Waals surface area contributed by atoms with Crippen LogP contribution in [-0.2, 0) is 9.47 Å². The molecule has 0 saturated heterocycles. The number of nitrogens with two attached hydrogens (primary N) is 1. The van der Waals surface area contributed by atoms with E-state index >= 15 is 0 Å². The van der Waals surface area contributed by atoms with Crippen molar-refractivity contribution in [3.05, 3.63) is 29.8 Å². The minimum Gasteiger partial charge on any atom is -0.494 e. The van der Waals surface area contributed by atoms with Gasteiger partial charge in [-0.2, -0.15) is 0 Å². The van der Waals surface area contributed by atoms with Crippen molar-refractivity contribution >= 4 is 0 Å². The van der Waals surface area contributed by atoms with Crippen LogP contribution in [0.1, 0.15) is 32.1 Å². The largest absolute Gasteiger partial charge is 0.494 e. The molecule has 4 heteroatoms. The van der Waals surface area contributed by atoms with Crippen LogP contribution < -0.4 is 10.5 Å². The van der Waals surface area contributed by atoms with E-state index in [2.05, 4.69) is 0 Å². The second kappa shape index (κ2) is 8.91. The summed E-state index contributed by atoms with van der Waals surface area (Å²) in [5.74, 6) is 0.824. The second-order valence-corrected chi connectivity index (χ2v) is 3.81. The molecule has 1 aromatic rings. The molecule has 18 heavy (non-hydrogen) atoms. The Morgan fingerprint density at radius 2 is 1.89 bits per heavy atom. The maximum absolute atomic E-state index is 5.60. The lowest BCUT2D eigenvalue weighted by atomic mass is 10.2. The van der Waals surface area contributed by atoms with Crippen molar-refractivity contribution in [2.24, 2.45) is 5.73 Å². The van der Waals surface area contributed by atoms with E-state index in [0.717, 1.165) is 17.7 Å². The van der Waals surface area contributed by atoms with Crippen LogP contribution >= 0.6 is 0 Å². The molecule has 2 N–H and O–H groups in total. The van der Waals surface area contributed by atoms with Gasteiger partial charge < -0.3 is 19.9 Å². The van der Waals surface area contributed by atoms with E-state index < -0.39 is 0 Å². The van der Waals surface area contributed by atoms with Gasteiger partial charge in [0.05, 0.1) is 6.61 Å². The highest BCUT2D eigenvalue weighted by atomic mass is 16.7. The van der Waals surface area contributed by atoms with E-state index in [1.165, 1.54) is 0 Å². The van der Waals surface area contributed by atoms with E-state index in [4.69, 9.17) is 19.9 Å². The lowest BCUT2D eigenvalue weighted by Crippen LogP contribution is -2.09. The molecule has 0 amide bonds. The van der Waals surface area contributed by atoms with Crippen LogP contribution in [0.5, 0.6) is 5.75 Å². The SMILES string of the molecule is CCOC(OCC)c1cccc(OCCCN)c1. The molecule has 0 bridgehead atoms. The van der Waals surface area contributed by atoms with Gasteiger partial charge in [0.1, 0.15) is 5.75 Å². The van der Waals surface area contributed by atoms with Crippen LogP contribution in [0.15, 0.2) is 24.3 Å². The third kappa shape index (κ3) is 5.04. The van der Waals surface area contributed by atoms with Crippen LogP contribution in [0.4, 0.5) is 0 Å². The number of rotatable bonds is 9. The van der Waals surface area contributed by atoms with Gasteiger partial charge in [0.2, 0.25) is 0 Å². The zero-order chi connectivity index (χ0) is 13.2. The Bertz CT molecular complexity index is 325. The minimum atomic E-state index is -0.321. The van der Waals surface area contributed by atoms with Gasteiger partial charge in [-0.05, 0) is 38.9 Å². The first-order chi connectivity index (χ1) is 8.81. The average molecular weight is 253 g/mol. The molecule has 0 heterocycles. The maximum atomic E-state index is 5.60. The summed E-state index contributed by atoms with van der Waals surface area (Å²) in [6.45, 7) is 6.40. The minimum absolute atomic E-state index is 0.321. The Morgan fingerprint density at radius 3 is 2.50 bits per heavy atom. The molecule has 0 saturated carbocycles. The normalized spacial score (nSPS) is 10.9. The average Bonchev–Trinajstić information content (AvgIpc) is 2.39. The molecule has 0 aliphatic rings. The van der Waals surface area contributed by atoms with Crippen LogP contribution in [0.3, 0.4) is 0 Å². The van der Waals surface area contributed by atoms with E-state index in [0.29, 0.717) is 26.4 Å². The highest BCUT2D eigenvalue weighted by molar-refractivity contribution is 5.29. The lowest BCUT2D eigenvalue weighted by Gasteiger charge is -2.18. The van der Waals surface area contributed by atoms with E-state index in [-0.39, 0.29) is 6.29 Å². The Balaban J connectivity index is 2.65. The second-order valence-electron chi connectivity index (χ2n) is 3.81. The molecule has 0 spiro atoms. The van der Waals surface area contributed by atoms with E-state index in [1.807, 2.05) is 38.1 Å². The maximum Gasteiger partial charge on any atom is 0.183 e. The fourth-order valence-corrected chi connectivity index (χ4v) is 1.57. The van der Waals surface area contributed by atoms with Gasteiger partial charge in [0.15, 0.2) is 6.29 Å². The topological polar surface area (TPSA) is 53.7 Å².